The second-order valence-corrected chi connectivity index (χ2v) is 11.2. The normalized spacial score (nSPS) is 37.2. The summed E-state index contributed by atoms with van der Waals surface area (Å²) in [7, 11) is 0. The first kappa shape index (κ1) is 22.8. The third-order valence-corrected chi connectivity index (χ3v) is 8.36. The predicted octanol–water partition coefficient (Wildman–Crippen LogP) is 6.73. The van der Waals surface area contributed by atoms with Crippen LogP contribution < -0.4 is 0 Å². The second kappa shape index (κ2) is 9.10. The molecule has 0 heterocycles. The fourth-order valence-corrected chi connectivity index (χ4v) is 6.67. The van der Waals surface area contributed by atoms with Crippen molar-refractivity contribution in [3.63, 3.8) is 0 Å². The Bertz CT molecular complexity index is 650. The van der Waals surface area contributed by atoms with Gasteiger partial charge in [-0.25, -0.2) is 0 Å². The molecule has 2 nitrogen and oxygen atoms in total. The smallest absolute Gasteiger partial charge is 0.0591 e. The summed E-state index contributed by atoms with van der Waals surface area (Å²) in [4.78, 5) is 0. The summed E-state index contributed by atoms with van der Waals surface area (Å²) in [6, 6.07) is 0. The second-order valence-electron chi connectivity index (χ2n) is 11.2. The van der Waals surface area contributed by atoms with Crippen LogP contribution in [0.5, 0.6) is 0 Å². The minimum Gasteiger partial charge on any atom is -0.393 e. The Kier molecular flexibility index (Phi) is 7.16. The number of rotatable bonds is 6. The summed E-state index contributed by atoms with van der Waals surface area (Å²) < 4.78 is 0. The molecule has 0 amide bonds. The number of allylic oxidation sites excluding steroid dienone is 4. The van der Waals surface area contributed by atoms with Gasteiger partial charge in [0, 0.05) is 0 Å². The van der Waals surface area contributed by atoms with Gasteiger partial charge in [-0.05, 0) is 100 Å². The van der Waals surface area contributed by atoms with Crippen molar-refractivity contribution in [2.45, 2.75) is 110 Å². The molecule has 2 heteroatoms. The highest BCUT2D eigenvalue weighted by Crippen LogP contribution is 2.60. The van der Waals surface area contributed by atoms with Crippen LogP contribution in [0, 0.1) is 23.2 Å². The molecule has 5 atom stereocenters. The van der Waals surface area contributed by atoms with Gasteiger partial charge in [0.25, 0.3) is 0 Å². The maximum absolute atomic E-state index is 10.0. The Morgan fingerprint density at radius 1 is 1.21 bits per heavy atom. The minimum absolute atomic E-state index is 0.192. The molecular weight excluding hydrogens is 356 g/mol. The van der Waals surface area contributed by atoms with Crippen LogP contribution in [-0.2, 0) is 0 Å². The molecule has 29 heavy (non-hydrogen) atoms. The van der Waals surface area contributed by atoms with Gasteiger partial charge < -0.3 is 10.2 Å². The number of aliphatic hydroxyl groups excluding tert-OH is 1. The van der Waals surface area contributed by atoms with Crippen LogP contribution in [-0.4, -0.2) is 21.9 Å². The van der Waals surface area contributed by atoms with E-state index in [4.69, 9.17) is 0 Å². The maximum atomic E-state index is 10.0. The molecule has 0 spiro atoms. The summed E-state index contributed by atoms with van der Waals surface area (Å²) in [6.45, 7) is 13.1. The van der Waals surface area contributed by atoms with E-state index in [0.717, 1.165) is 49.9 Å². The molecule has 4 unspecified atom stereocenters. The van der Waals surface area contributed by atoms with Crippen LogP contribution in [0.25, 0.3) is 0 Å². The third kappa shape index (κ3) is 5.44. The summed E-state index contributed by atoms with van der Waals surface area (Å²) in [6.07, 6.45) is 16.9. The van der Waals surface area contributed by atoms with Gasteiger partial charge in [0.2, 0.25) is 0 Å². The lowest BCUT2D eigenvalue weighted by Crippen LogP contribution is -2.36. The van der Waals surface area contributed by atoms with Crippen LogP contribution in [0.1, 0.15) is 98.3 Å². The Hall–Kier alpha value is -0.860. The molecule has 0 aromatic rings. The zero-order valence-electron chi connectivity index (χ0n) is 19.3. The van der Waals surface area contributed by atoms with Gasteiger partial charge in [-0.3, -0.25) is 0 Å². The largest absolute Gasteiger partial charge is 0.393 e. The van der Waals surface area contributed by atoms with Crippen molar-refractivity contribution in [3.8, 4) is 0 Å². The molecular formula is C27H44O2. The van der Waals surface area contributed by atoms with Crippen molar-refractivity contribution in [1.82, 2.24) is 0 Å². The Labute approximate surface area is 179 Å². The molecule has 164 valence electrons. The topological polar surface area (TPSA) is 40.5 Å². The molecule has 0 radical (unpaired) electrons. The highest BCUT2D eigenvalue weighted by Gasteiger charge is 2.50. The van der Waals surface area contributed by atoms with Gasteiger partial charge in [0.1, 0.15) is 0 Å². The van der Waals surface area contributed by atoms with Gasteiger partial charge in [0.05, 0.1) is 11.7 Å². The van der Waals surface area contributed by atoms with Crippen LogP contribution >= 0.6 is 0 Å². The lowest BCUT2D eigenvalue weighted by atomic mass is 9.60. The van der Waals surface area contributed by atoms with Gasteiger partial charge in [-0.2, -0.15) is 0 Å². The van der Waals surface area contributed by atoms with Crippen LogP contribution in [0.15, 0.2) is 35.5 Å². The summed E-state index contributed by atoms with van der Waals surface area (Å²) in [5.74, 6) is 2.26. The highest BCUT2D eigenvalue weighted by molar-refractivity contribution is 5.36. The molecule has 2 N–H and O–H groups in total. The van der Waals surface area contributed by atoms with Crippen molar-refractivity contribution < 1.29 is 10.2 Å². The summed E-state index contributed by atoms with van der Waals surface area (Å²) in [5, 5.41) is 20.1. The zero-order valence-corrected chi connectivity index (χ0v) is 19.3. The van der Waals surface area contributed by atoms with E-state index in [1.54, 1.807) is 5.57 Å². The monoisotopic (exact) mass is 400 g/mol. The van der Waals surface area contributed by atoms with Crippen molar-refractivity contribution >= 4 is 0 Å². The average molecular weight is 401 g/mol. The van der Waals surface area contributed by atoms with Gasteiger partial charge in [-0.1, -0.05) is 56.6 Å². The van der Waals surface area contributed by atoms with Gasteiger partial charge in [0.15, 0.2) is 0 Å². The van der Waals surface area contributed by atoms with Crippen molar-refractivity contribution in [3.05, 3.63) is 35.5 Å². The Morgan fingerprint density at radius 2 is 1.97 bits per heavy atom. The van der Waals surface area contributed by atoms with Crippen molar-refractivity contribution in [2.75, 3.05) is 0 Å². The maximum Gasteiger partial charge on any atom is 0.0591 e. The van der Waals surface area contributed by atoms with E-state index in [1.165, 1.54) is 49.7 Å². The lowest BCUT2D eigenvalue weighted by molar-refractivity contribution is 0.0596. The van der Waals surface area contributed by atoms with Gasteiger partial charge >= 0.3 is 0 Å². The van der Waals surface area contributed by atoms with Crippen molar-refractivity contribution in [2.24, 2.45) is 23.2 Å². The first-order valence-corrected chi connectivity index (χ1v) is 12.1. The molecule has 3 aliphatic carbocycles. The van der Waals surface area contributed by atoms with E-state index < -0.39 is 5.60 Å². The standard InChI is InChI=1S/C27H44O2/c1-19-10-13-23(28)18-22(19)12-11-21-9-7-17-27(5)24(14-15-25(21)27)20(2)8-6-16-26(3,4)29/h11-12,20,23-25,28-29H,1,6-10,13-18H2,2-5H3/b21-11+,22-12-/t20?,23-,24?,25?,27?/m0/s1. The molecule has 3 rings (SSSR count). The van der Waals surface area contributed by atoms with Crippen LogP contribution in [0.4, 0.5) is 0 Å². The molecule has 0 aliphatic heterocycles. The highest BCUT2D eigenvalue weighted by atomic mass is 16.3. The fraction of sp³-hybridized carbons (Fsp3) is 0.778. The SMILES string of the molecule is C=C1CC[C@H](O)C/C1=C/C=C1\CCCC2(C)C1CCC2C(C)CCCC(C)(C)O. The van der Waals surface area contributed by atoms with Crippen LogP contribution in [0.2, 0.25) is 0 Å². The van der Waals surface area contributed by atoms with Crippen molar-refractivity contribution in [1.29, 1.82) is 0 Å². The summed E-state index contributed by atoms with van der Waals surface area (Å²) >= 11 is 0. The molecule has 3 saturated carbocycles. The molecule has 0 saturated heterocycles. The van der Waals surface area contributed by atoms with E-state index in [1.807, 2.05) is 13.8 Å². The number of hydrogen-bond donors (Lipinski definition) is 2. The first-order valence-electron chi connectivity index (χ1n) is 12.1. The molecule has 0 aromatic carbocycles. The molecule has 0 bridgehead atoms. The molecule has 0 aromatic heterocycles. The van der Waals surface area contributed by atoms with Gasteiger partial charge in [-0.15, -0.1) is 0 Å². The van der Waals surface area contributed by atoms with E-state index >= 15 is 0 Å². The minimum atomic E-state index is -0.535. The zero-order chi connectivity index (χ0) is 21.2. The number of hydrogen-bond acceptors (Lipinski definition) is 2. The average Bonchev–Trinajstić information content (AvgIpc) is 2.99. The molecule has 3 aliphatic rings. The fourth-order valence-electron chi connectivity index (χ4n) is 6.67. The van der Waals surface area contributed by atoms with E-state index in [2.05, 4.69) is 32.6 Å². The van der Waals surface area contributed by atoms with E-state index in [-0.39, 0.29) is 6.10 Å². The number of aliphatic hydroxyl groups is 2. The lowest BCUT2D eigenvalue weighted by Gasteiger charge is -2.44. The first-order chi connectivity index (χ1) is 13.6. The molecule has 3 fully saturated rings. The van der Waals surface area contributed by atoms with E-state index in [9.17, 15) is 10.2 Å². The number of fused-ring (bicyclic) bond motifs is 1. The third-order valence-electron chi connectivity index (χ3n) is 8.36. The summed E-state index contributed by atoms with van der Waals surface area (Å²) in [5.41, 5.74) is 4.02. The quantitative estimate of drug-likeness (QED) is 0.518. The van der Waals surface area contributed by atoms with Crippen LogP contribution in [0.3, 0.4) is 0 Å². The van der Waals surface area contributed by atoms with E-state index in [0.29, 0.717) is 5.41 Å². The Morgan fingerprint density at radius 3 is 2.69 bits per heavy atom. The predicted molar refractivity (Wildman–Crippen MR) is 123 cm³/mol. The Balaban J connectivity index is 1.68.